The monoisotopic (exact) mass is 366 g/mol. The number of anilines is 1. The van der Waals surface area contributed by atoms with E-state index in [0.717, 1.165) is 46.7 Å². The molecule has 1 fully saturated rings. The second kappa shape index (κ2) is 8.02. The summed E-state index contributed by atoms with van der Waals surface area (Å²) in [4.78, 5) is 8.80. The molecule has 0 radical (unpaired) electrons. The zero-order chi connectivity index (χ0) is 17.8. The molecule has 26 heavy (non-hydrogen) atoms. The first-order chi connectivity index (χ1) is 12.8. The summed E-state index contributed by atoms with van der Waals surface area (Å²) in [6.07, 6.45) is 8.39. The van der Waals surface area contributed by atoms with Crippen molar-refractivity contribution in [2.75, 3.05) is 5.32 Å². The van der Waals surface area contributed by atoms with Gasteiger partial charge in [-0.1, -0.05) is 17.7 Å². The van der Waals surface area contributed by atoms with Crippen molar-refractivity contribution in [3.05, 3.63) is 65.6 Å². The molecular formula is C21H23ClN4. The van der Waals surface area contributed by atoms with Crippen molar-refractivity contribution < 1.29 is 0 Å². The summed E-state index contributed by atoms with van der Waals surface area (Å²) in [5.74, 6) is 0. The van der Waals surface area contributed by atoms with Crippen LogP contribution in [0.15, 0.2) is 54.9 Å². The zero-order valence-electron chi connectivity index (χ0n) is 14.7. The molecule has 2 aromatic heterocycles. The Morgan fingerprint density at radius 1 is 0.923 bits per heavy atom. The average Bonchev–Trinajstić information content (AvgIpc) is 2.68. The molecule has 0 amide bonds. The molecule has 0 bridgehead atoms. The molecule has 0 atom stereocenters. The lowest BCUT2D eigenvalue weighted by Crippen LogP contribution is -2.36. The topological polar surface area (TPSA) is 49.8 Å². The first-order valence-corrected chi connectivity index (χ1v) is 9.60. The average molecular weight is 367 g/mol. The highest BCUT2D eigenvalue weighted by Crippen LogP contribution is 2.28. The van der Waals surface area contributed by atoms with Gasteiger partial charge in [0.25, 0.3) is 0 Å². The minimum atomic E-state index is 0.504. The smallest absolute Gasteiger partial charge is 0.0737 e. The van der Waals surface area contributed by atoms with E-state index < -0.39 is 0 Å². The van der Waals surface area contributed by atoms with Crippen molar-refractivity contribution >= 4 is 28.2 Å². The summed E-state index contributed by atoms with van der Waals surface area (Å²) in [6, 6.07) is 15.1. The Labute approximate surface area is 159 Å². The second-order valence-corrected chi connectivity index (χ2v) is 7.35. The van der Waals surface area contributed by atoms with Crippen LogP contribution in [-0.4, -0.2) is 22.1 Å². The lowest BCUT2D eigenvalue weighted by atomic mass is 9.91. The molecule has 134 valence electrons. The van der Waals surface area contributed by atoms with Crippen LogP contribution in [0.5, 0.6) is 0 Å². The van der Waals surface area contributed by atoms with E-state index in [1.54, 1.807) is 0 Å². The van der Waals surface area contributed by atoms with Gasteiger partial charge in [0.05, 0.1) is 11.2 Å². The minimum Gasteiger partial charge on any atom is -0.382 e. The Morgan fingerprint density at radius 2 is 1.77 bits per heavy atom. The SMILES string of the molecule is Clc1ccc2c(N[C@H]3CC[C@@H](NCc4ccccn4)CC3)ccnc2c1. The summed E-state index contributed by atoms with van der Waals surface area (Å²) in [6.45, 7) is 0.847. The van der Waals surface area contributed by atoms with Crippen molar-refractivity contribution in [2.24, 2.45) is 0 Å². The standard InChI is InChI=1S/C21H23ClN4/c22-15-4-9-19-20(10-12-24-21(19)13-15)26-17-7-5-16(6-8-17)25-14-18-3-1-2-11-23-18/h1-4,9-13,16-17,25H,5-8,14H2,(H,24,26)/t16-,17+. The number of benzene rings is 1. The van der Waals surface area contributed by atoms with Gasteiger partial charge in [-0.05, 0) is 62.1 Å². The number of halogens is 1. The Morgan fingerprint density at radius 3 is 2.58 bits per heavy atom. The second-order valence-electron chi connectivity index (χ2n) is 6.91. The number of pyridine rings is 2. The van der Waals surface area contributed by atoms with E-state index in [1.165, 1.54) is 12.8 Å². The molecule has 3 aromatic rings. The molecule has 2 N–H and O–H groups in total. The summed E-state index contributed by atoms with van der Waals surface area (Å²) in [7, 11) is 0. The van der Waals surface area contributed by atoms with E-state index in [-0.39, 0.29) is 0 Å². The van der Waals surface area contributed by atoms with Gasteiger partial charge in [-0.25, -0.2) is 0 Å². The summed E-state index contributed by atoms with van der Waals surface area (Å²) >= 11 is 6.08. The summed E-state index contributed by atoms with van der Waals surface area (Å²) in [5.41, 5.74) is 3.19. The van der Waals surface area contributed by atoms with Gasteiger partial charge in [-0.2, -0.15) is 0 Å². The normalized spacial score (nSPS) is 20.2. The molecule has 0 aliphatic heterocycles. The highest BCUT2D eigenvalue weighted by atomic mass is 35.5. The summed E-state index contributed by atoms with van der Waals surface area (Å²) < 4.78 is 0. The number of fused-ring (bicyclic) bond motifs is 1. The van der Waals surface area contributed by atoms with Crippen LogP contribution in [0.25, 0.3) is 10.9 Å². The third kappa shape index (κ3) is 4.14. The number of hydrogen-bond donors (Lipinski definition) is 2. The van der Waals surface area contributed by atoms with Gasteiger partial charge in [0, 0.05) is 47.1 Å². The van der Waals surface area contributed by atoms with Crippen LogP contribution in [-0.2, 0) is 6.54 Å². The van der Waals surface area contributed by atoms with Crippen LogP contribution in [0.1, 0.15) is 31.4 Å². The van der Waals surface area contributed by atoms with Gasteiger partial charge >= 0.3 is 0 Å². The van der Waals surface area contributed by atoms with Gasteiger partial charge < -0.3 is 10.6 Å². The third-order valence-corrected chi connectivity index (χ3v) is 5.32. The van der Waals surface area contributed by atoms with Crippen molar-refractivity contribution in [3.8, 4) is 0 Å². The Kier molecular flexibility index (Phi) is 5.32. The number of nitrogens with one attached hydrogen (secondary N) is 2. The number of hydrogen-bond acceptors (Lipinski definition) is 4. The molecule has 0 spiro atoms. The van der Waals surface area contributed by atoms with Crippen molar-refractivity contribution in [3.63, 3.8) is 0 Å². The van der Waals surface area contributed by atoms with Gasteiger partial charge in [0.2, 0.25) is 0 Å². The maximum Gasteiger partial charge on any atom is 0.0737 e. The number of rotatable bonds is 5. The molecule has 0 unspecified atom stereocenters. The lowest BCUT2D eigenvalue weighted by molar-refractivity contribution is 0.352. The van der Waals surface area contributed by atoms with Crippen molar-refractivity contribution in [1.82, 2.24) is 15.3 Å². The Hall–Kier alpha value is -2.17. The molecule has 1 aromatic carbocycles. The lowest BCUT2D eigenvalue weighted by Gasteiger charge is -2.30. The molecule has 4 rings (SSSR count). The Balaban J connectivity index is 1.33. The molecule has 5 heteroatoms. The largest absolute Gasteiger partial charge is 0.382 e. The van der Waals surface area contributed by atoms with E-state index in [9.17, 15) is 0 Å². The first kappa shape index (κ1) is 17.3. The van der Waals surface area contributed by atoms with Crippen molar-refractivity contribution in [1.29, 1.82) is 0 Å². The fourth-order valence-corrected chi connectivity index (χ4v) is 3.83. The highest BCUT2D eigenvalue weighted by molar-refractivity contribution is 6.31. The van der Waals surface area contributed by atoms with Crippen LogP contribution < -0.4 is 10.6 Å². The molecule has 2 heterocycles. The van der Waals surface area contributed by atoms with E-state index in [1.807, 2.05) is 42.7 Å². The fraction of sp³-hybridized carbons (Fsp3) is 0.333. The Bertz CT molecular complexity index is 860. The van der Waals surface area contributed by atoms with Gasteiger partial charge in [0.15, 0.2) is 0 Å². The predicted octanol–water partition coefficient (Wildman–Crippen LogP) is 4.80. The molecule has 1 saturated carbocycles. The number of nitrogens with zero attached hydrogens (tertiary/aromatic N) is 2. The van der Waals surface area contributed by atoms with Gasteiger partial charge in [-0.3, -0.25) is 9.97 Å². The number of aromatic nitrogens is 2. The van der Waals surface area contributed by atoms with E-state index in [4.69, 9.17) is 11.6 Å². The van der Waals surface area contributed by atoms with E-state index >= 15 is 0 Å². The van der Waals surface area contributed by atoms with Crippen LogP contribution >= 0.6 is 11.6 Å². The maximum absolute atomic E-state index is 6.08. The first-order valence-electron chi connectivity index (χ1n) is 9.22. The van der Waals surface area contributed by atoms with Gasteiger partial charge in [0.1, 0.15) is 0 Å². The van der Waals surface area contributed by atoms with Crippen LogP contribution in [0.4, 0.5) is 5.69 Å². The van der Waals surface area contributed by atoms with E-state index in [2.05, 4.69) is 32.7 Å². The van der Waals surface area contributed by atoms with Crippen LogP contribution in [0, 0.1) is 0 Å². The quantitative estimate of drug-likeness (QED) is 0.681. The molecule has 1 aliphatic carbocycles. The fourth-order valence-electron chi connectivity index (χ4n) is 3.66. The molecular weight excluding hydrogens is 344 g/mol. The third-order valence-electron chi connectivity index (χ3n) is 5.09. The zero-order valence-corrected chi connectivity index (χ0v) is 15.4. The van der Waals surface area contributed by atoms with Gasteiger partial charge in [-0.15, -0.1) is 0 Å². The molecule has 1 aliphatic rings. The molecule has 0 saturated heterocycles. The predicted molar refractivity (Wildman–Crippen MR) is 107 cm³/mol. The van der Waals surface area contributed by atoms with Crippen LogP contribution in [0.2, 0.25) is 5.02 Å². The summed E-state index contributed by atoms with van der Waals surface area (Å²) in [5, 5.41) is 9.21. The highest BCUT2D eigenvalue weighted by Gasteiger charge is 2.21. The van der Waals surface area contributed by atoms with Crippen LogP contribution in [0.3, 0.4) is 0 Å². The maximum atomic E-state index is 6.08. The van der Waals surface area contributed by atoms with E-state index in [0.29, 0.717) is 12.1 Å². The molecule has 4 nitrogen and oxygen atoms in total. The minimum absolute atomic E-state index is 0.504. The van der Waals surface area contributed by atoms with Crippen molar-refractivity contribution in [2.45, 2.75) is 44.3 Å².